The van der Waals surface area contributed by atoms with E-state index in [0.29, 0.717) is 0 Å². The smallest absolute Gasteiger partial charge is 0.0940 e. The molecule has 1 aliphatic carbocycles. The zero-order valence-electron chi connectivity index (χ0n) is 20.5. The Balaban J connectivity index is 1.31. The number of aryl methyl sites for hydroxylation is 2. The van der Waals surface area contributed by atoms with Crippen LogP contribution >= 0.6 is 0 Å². The Morgan fingerprint density at radius 3 is 2.54 bits per heavy atom. The second-order valence-corrected chi connectivity index (χ2v) is 9.41. The predicted molar refractivity (Wildman–Crippen MR) is 138 cm³/mol. The van der Waals surface area contributed by atoms with Crippen LogP contribution in [0.25, 0.3) is 0 Å². The molecule has 1 unspecified atom stereocenters. The van der Waals surface area contributed by atoms with Gasteiger partial charge in [-0.05, 0) is 67.1 Å². The fraction of sp³-hybridized carbons (Fsp3) is 0.345. The number of nitrogens with one attached hydrogen (secondary N) is 1. The van der Waals surface area contributed by atoms with E-state index in [0.717, 1.165) is 44.8 Å². The van der Waals surface area contributed by atoms with E-state index in [9.17, 15) is 0 Å². The maximum Gasteiger partial charge on any atom is 0.0940 e. The molecule has 4 aromatic rings. The summed E-state index contributed by atoms with van der Waals surface area (Å²) < 4.78 is 2.10. The van der Waals surface area contributed by atoms with Gasteiger partial charge < -0.3 is 5.32 Å². The molecule has 3 heterocycles. The number of aromatic nitrogens is 4. The molecule has 0 aliphatic heterocycles. The molecule has 0 fully saturated rings. The summed E-state index contributed by atoms with van der Waals surface area (Å²) in [6.45, 7) is 5.34. The molecule has 35 heavy (non-hydrogen) atoms. The maximum atomic E-state index is 4.86. The molecule has 5 rings (SSSR count). The van der Waals surface area contributed by atoms with Crippen molar-refractivity contribution >= 4 is 0 Å². The molecule has 180 valence electrons. The first-order valence-corrected chi connectivity index (χ1v) is 12.6. The summed E-state index contributed by atoms with van der Waals surface area (Å²) in [7, 11) is 0. The van der Waals surface area contributed by atoms with Crippen molar-refractivity contribution in [3.8, 4) is 0 Å². The third kappa shape index (κ3) is 6.02. The Kier molecular flexibility index (Phi) is 7.61. The molecule has 1 N–H and O–H groups in total. The molecule has 0 saturated heterocycles. The molecule has 0 bridgehead atoms. The number of pyridine rings is 2. The standard InChI is InChI=1S/C29H34N6/c1-23-15-18-33-35(23)22-34(28-10-3-2-7-26-8-6-17-32-29(26)28)21-25-13-11-24(12-14-25)19-30-20-27-9-4-5-16-31-27/h4-6,8-9,11-18,28,30H,2-3,7,10,19-22H2,1H3. The van der Waals surface area contributed by atoms with Crippen LogP contribution in [0, 0.1) is 6.92 Å². The summed E-state index contributed by atoms with van der Waals surface area (Å²) in [5.41, 5.74) is 7.47. The SMILES string of the molecule is Cc1ccnn1CN(Cc1ccc(CNCc2ccccn2)cc1)C1CCCCc2cccnc21. The molecule has 1 atom stereocenters. The highest BCUT2D eigenvalue weighted by Gasteiger charge is 2.26. The first-order valence-electron chi connectivity index (χ1n) is 12.6. The van der Waals surface area contributed by atoms with Gasteiger partial charge in [-0.25, -0.2) is 0 Å². The minimum atomic E-state index is 0.289. The van der Waals surface area contributed by atoms with Gasteiger partial charge in [-0.1, -0.05) is 42.8 Å². The van der Waals surface area contributed by atoms with Crippen LogP contribution in [0.15, 0.2) is 79.3 Å². The number of fused-ring (bicyclic) bond motifs is 1. The summed E-state index contributed by atoms with van der Waals surface area (Å²) in [4.78, 5) is 11.8. The van der Waals surface area contributed by atoms with E-state index in [2.05, 4.69) is 74.4 Å². The van der Waals surface area contributed by atoms with Crippen molar-refractivity contribution in [2.45, 2.75) is 65.0 Å². The minimum Gasteiger partial charge on any atom is -0.307 e. The van der Waals surface area contributed by atoms with Crippen LogP contribution in [0.5, 0.6) is 0 Å². The third-order valence-corrected chi connectivity index (χ3v) is 6.87. The molecule has 6 nitrogen and oxygen atoms in total. The van der Waals surface area contributed by atoms with Crippen LogP contribution in [0.2, 0.25) is 0 Å². The lowest BCUT2D eigenvalue weighted by Gasteiger charge is -2.32. The quantitative estimate of drug-likeness (QED) is 0.344. The van der Waals surface area contributed by atoms with E-state index in [-0.39, 0.29) is 6.04 Å². The van der Waals surface area contributed by atoms with E-state index in [4.69, 9.17) is 4.98 Å². The average Bonchev–Trinajstić information content (AvgIpc) is 3.17. The van der Waals surface area contributed by atoms with Crippen LogP contribution in [0.4, 0.5) is 0 Å². The molecule has 0 amide bonds. The zero-order valence-corrected chi connectivity index (χ0v) is 20.5. The van der Waals surface area contributed by atoms with Crippen molar-refractivity contribution in [3.05, 3.63) is 113 Å². The predicted octanol–water partition coefficient (Wildman–Crippen LogP) is 5.20. The second-order valence-electron chi connectivity index (χ2n) is 9.41. The summed E-state index contributed by atoms with van der Waals surface area (Å²) >= 11 is 0. The second kappa shape index (κ2) is 11.4. The fourth-order valence-corrected chi connectivity index (χ4v) is 4.92. The average molecular weight is 467 g/mol. The van der Waals surface area contributed by atoms with Gasteiger partial charge in [0.05, 0.1) is 24.1 Å². The molecular formula is C29H34N6. The summed E-state index contributed by atoms with van der Waals surface area (Å²) in [5, 5.41) is 8.08. The Hall–Kier alpha value is -3.35. The van der Waals surface area contributed by atoms with Gasteiger partial charge in [-0.15, -0.1) is 0 Å². The molecule has 3 aromatic heterocycles. The number of hydrogen-bond acceptors (Lipinski definition) is 5. The normalized spacial score (nSPS) is 15.7. The van der Waals surface area contributed by atoms with E-state index in [1.165, 1.54) is 40.9 Å². The van der Waals surface area contributed by atoms with Gasteiger partial charge in [-0.2, -0.15) is 5.10 Å². The number of hydrogen-bond donors (Lipinski definition) is 1. The van der Waals surface area contributed by atoms with Gasteiger partial charge in [0.1, 0.15) is 0 Å². The number of nitrogens with zero attached hydrogens (tertiary/aromatic N) is 5. The van der Waals surface area contributed by atoms with Crippen LogP contribution < -0.4 is 5.32 Å². The lowest BCUT2D eigenvalue weighted by molar-refractivity contribution is 0.122. The van der Waals surface area contributed by atoms with Gasteiger partial charge in [0, 0.05) is 43.9 Å². The van der Waals surface area contributed by atoms with Gasteiger partial charge >= 0.3 is 0 Å². The van der Waals surface area contributed by atoms with Crippen molar-refractivity contribution in [3.63, 3.8) is 0 Å². The van der Waals surface area contributed by atoms with Crippen molar-refractivity contribution in [2.24, 2.45) is 0 Å². The topological polar surface area (TPSA) is 58.9 Å². The van der Waals surface area contributed by atoms with Gasteiger partial charge in [0.2, 0.25) is 0 Å². The third-order valence-electron chi connectivity index (χ3n) is 6.87. The lowest BCUT2D eigenvalue weighted by Crippen LogP contribution is -2.32. The highest BCUT2D eigenvalue weighted by molar-refractivity contribution is 5.26. The summed E-state index contributed by atoms with van der Waals surface area (Å²) in [6.07, 6.45) is 10.4. The fourth-order valence-electron chi connectivity index (χ4n) is 4.92. The van der Waals surface area contributed by atoms with Crippen LogP contribution in [0.3, 0.4) is 0 Å². The zero-order chi connectivity index (χ0) is 23.9. The molecule has 6 heteroatoms. The summed E-state index contributed by atoms with van der Waals surface area (Å²) in [5.74, 6) is 0. The first kappa shape index (κ1) is 23.4. The molecule has 0 radical (unpaired) electrons. The van der Waals surface area contributed by atoms with Crippen molar-refractivity contribution in [2.75, 3.05) is 0 Å². The van der Waals surface area contributed by atoms with E-state index < -0.39 is 0 Å². The summed E-state index contributed by atoms with van der Waals surface area (Å²) in [6, 6.07) is 21.7. The number of rotatable bonds is 9. The molecule has 1 aromatic carbocycles. The van der Waals surface area contributed by atoms with Crippen LogP contribution in [-0.2, 0) is 32.7 Å². The molecule has 1 aliphatic rings. The highest BCUT2D eigenvalue weighted by atomic mass is 15.4. The minimum absolute atomic E-state index is 0.289. The van der Waals surface area contributed by atoms with E-state index in [1.807, 2.05) is 36.8 Å². The Morgan fingerprint density at radius 2 is 1.74 bits per heavy atom. The van der Waals surface area contributed by atoms with Crippen molar-refractivity contribution in [1.29, 1.82) is 0 Å². The maximum absolute atomic E-state index is 4.86. The monoisotopic (exact) mass is 466 g/mol. The largest absolute Gasteiger partial charge is 0.307 e. The first-order chi connectivity index (χ1) is 17.3. The van der Waals surface area contributed by atoms with Crippen molar-refractivity contribution < 1.29 is 0 Å². The molecular weight excluding hydrogens is 432 g/mol. The Morgan fingerprint density at radius 1 is 0.886 bits per heavy atom. The van der Waals surface area contributed by atoms with E-state index in [1.54, 1.807) is 0 Å². The lowest BCUT2D eigenvalue weighted by atomic mass is 10.0. The van der Waals surface area contributed by atoms with Gasteiger partial charge in [-0.3, -0.25) is 19.5 Å². The number of benzene rings is 1. The van der Waals surface area contributed by atoms with Crippen LogP contribution in [-0.4, -0.2) is 24.6 Å². The Labute approximate surface area is 208 Å². The van der Waals surface area contributed by atoms with Crippen molar-refractivity contribution in [1.82, 2.24) is 30.0 Å². The van der Waals surface area contributed by atoms with Crippen LogP contribution in [0.1, 0.15) is 59.1 Å². The van der Waals surface area contributed by atoms with Gasteiger partial charge in [0.15, 0.2) is 0 Å². The van der Waals surface area contributed by atoms with E-state index >= 15 is 0 Å². The highest BCUT2D eigenvalue weighted by Crippen LogP contribution is 2.33. The Bertz CT molecular complexity index is 1200. The van der Waals surface area contributed by atoms with Gasteiger partial charge in [0.25, 0.3) is 0 Å². The molecule has 0 spiro atoms. The molecule has 0 saturated carbocycles.